The van der Waals surface area contributed by atoms with Gasteiger partial charge >= 0.3 is 0 Å². The molecule has 2 heterocycles. The fraction of sp³-hybridized carbons (Fsp3) is 0.235. The molecule has 0 radical (unpaired) electrons. The Labute approximate surface area is 139 Å². The number of pyridine rings is 2. The highest BCUT2D eigenvalue weighted by Gasteiger charge is 2.16. The number of allylic oxidation sites excluding steroid dienone is 1. The number of halogens is 1. The zero-order valence-electron chi connectivity index (χ0n) is 13.3. The summed E-state index contributed by atoms with van der Waals surface area (Å²) in [6.45, 7) is 3.29. The van der Waals surface area contributed by atoms with E-state index in [1.165, 1.54) is 24.5 Å². The second-order valence-corrected chi connectivity index (χ2v) is 5.73. The quantitative estimate of drug-likeness (QED) is 0.644. The Hall–Kier alpha value is -2.98. The normalized spacial score (nSPS) is 11.9. The summed E-state index contributed by atoms with van der Waals surface area (Å²) in [7, 11) is 0. The van der Waals surface area contributed by atoms with Gasteiger partial charge in [-0.05, 0) is 32.0 Å². The maximum absolute atomic E-state index is 13.1. The largest absolute Gasteiger partial charge is 0.489 e. The summed E-state index contributed by atoms with van der Waals surface area (Å²) < 4.78 is 18.6. The first-order valence-corrected chi connectivity index (χ1v) is 7.13. The standard InChI is InChI=1S/C17H17FN4O2/c1-17(2,23)10-24-13-5-14(11-3-4-15(18)21-8-11)16(22-9-13)12(6-19)7-20/h3-6,8-9,23H,10,19H2,1-2H3. The highest BCUT2D eigenvalue weighted by molar-refractivity contribution is 5.85. The van der Waals surface area contributed by atoms with Crippen LogP contribution in [-0.2, 0) is 0 Å². The smallest absolute Gasteiger partial charge is 0.212 e. The van der Waals surface area contributed by atoms with Crippen LogP contribution in [0.15, 0.2) is 36.8 Å². The van der Waals surface area contributed by atoms with Crippen LogP contribution >= 0.6 is 0 Å². The van der Waals surface area contributed by atoms with E-state index in [1.807, 2.05) is 6.07 Å². The molecule has 0 amide bonds. The second kappa shape index (κ2) is 7.06. The zero-order chi connectivity index (χ0) is 17.7. The third-order valence-corrected chi connectivity index (χ3v) is 3.04. The first-order chi connectivity index (χ1) is 11.3. The Morgan fingerprint density at radius 3 is 2.71 bits per heavy atom. The highest BCUT2D eigenvalue weighted by Crippen LogP contribution is 2.30. The molecule has 3 N–H and O–H groups in total. The Kier molecular flexibility index (Phi) is 5.11. The van der Waals surface area contributed by atoms with Crippen LogP contribution in [0.5, 0.6) is 5.75 Å². The molecule has 0 fully saturated rings. The number of nitrogens with zero attached hydrogens (tertiary/aromatic N) is 3. The van der Waals surface area contributed by atoms with Crippen molar-refractivity contribution >= 4 is 5.57 Å². The lowest BCUT2D eigenvalue weighted by Gasteiger charge is -2.18. The summed E-state index contributed by atoms with van der Waals surface area (Å²) in [6, 6.07) is 6.34. The van der Waals surface area contributed by atoms with Gasteiger partial charge in [0.2, 0.25) is 5.95 Å². The Morgan fingerprint density at radius 2 is 2.17 bits per heavy atom. The molecule has 7 heteroatoms. The van der Waals surface area contributed by atoms with Gasteiger partial charge in [-0.1, -0.05) is 0 Å². The molecule has 0 aliphatic rings. The van der Waals surface area contributed by atoms with Crippen LogP contribution in [0.2, 0.25) is 0 Å². The van der Waals surface area contributed by atoms with E-state index in [4.69, 9.17) is 10.5 Å². The predicted octanol–water partition coefficient (Wildman–Crippen LogP) is 2.26. The molecule has 6 nitrogen and oxygen atoms in total. The number of ether oxygens (including phenoxy) is 1. The van der Waals surface area contributed by atoms with Crippen molar-refractivity contribution in [2.75, 3.05) is 6.61 Å². The van der Waals surface area contributed by atoms with E-state index < -0.39 is 11.5 Å². The van der Waals surface area contributed by atoms with E-state index in [-0.39, 0.29) is 12.2 Å². The summed E-state index contributed by atoms with van der Waals surface area (Å²) in [4.78, 5) is 7.83. The van der Waals surface area contributed by atoms with Crippen LogP contribution < -0.4 is 10.5 Å². The molecule has 24 heavy (non-hydrogen) atoms. The van der Waals surface area contributed by atoms with Gasteiger partial charge in [-0.3, -0.25) is 4.98 Å². The molecule has 0 aliphatic carbocycles. The Bertz CT molecular complexity index is 790. The maximum atomic E-state index is 13.1. The third-order valence-electron chi connectivity index (χ3n) is 3.04. The van der Waals surface area contributed by atoms with E-state index in [0.717, 1.165) is 6.20 Å². The van der Waals surface area contributed by atoms with Crippen LogP contribution in [-0.4, -0.2) is 27.3 Å². The summed E-state index contributed by atoms with van der Waals surface area (Å²) in [6.07, 6.45) is 3.92. The van der Waals surface area contributed by atoms with Crippen LogP contribution in [0.25, 0.3) is 16.7 Å². The van der Waals surface area contributed by atoms with E-state index in [0.29, 0.717) is 22.6 Å². The Morgan fingerprint density at radius 1 is 1.42 bits per heavy atom. The average Bonchev–Trinajstić information content (AvgIpc) is 2.55. The van der Waals surface area contributed by atoms with Gasteiger partial charge in [0.1, 0.15) is 18.4 Å². The lowest BCUT2D eigenvalue weighted by atomic mass is 10.0. The summed E-state index contributed by atoms with van der Waals surface area (Å²) in [5.41, 5.74) is 6.05. The van der Waals surface area contributed by atoms with Crippen molar-refractivity contribution in [2.45, 2.75) is 19.4 Å². The maximum Gasteiger partial charge on any atom is 0.212 e. The van der Waals surface area contributed by atoms with Crippen molar-refractivity contribution in [3.8, 4) is 22.9 Å². The fourth-order valence-electron chi connectivity index (χ4n) is 1.92. The molecule has 2 aromatic rings. The fourth-order valence-corrected chi connectivity index (χ4v) is 1.92. The molecular formula is C17H17FN4O2. The molecule has 124 valence electrons. The average molecular weight is 328 g/mol. The van der Waals surface area contributed by atoms with Crippen LogP contribution in [0.4, 0.5) is 4.39 Å². The number of nitrogens with two attached hydrogens (primary N) is 1. The summed E-state index contributed by atoms with van der Waals surface area (Å²) >= 11 is 0. The van der Waals surface area contributed by atoms with E-state index in [1.54, 1.807) is 19.9 Å². The monoisotopic (exact) mass is 328 g/mol. The van der Waals surface area contributed by atoms with Crippen molar-refractivity contribution in [2.24, 2.45) is 5.73 Å². The molecule has 2 aromatic heterocycles. The number of nitriles is 1. The number of aromatic nitrogens is 2. The number of rotatable bonds is 5. The van der Waals surface area contributed by atoms with Crippen molar-refractivity contribution in [3.63, 3.8) is 0 Å². The van der Waals surface area contributed by atoms with Crippen LogP contribution in [0, 0.1) is 17.3 Å². The van der Waals surface area contributed by atoms with Gasteiger partial charge < -0.3 is 15.6 Å². The van der Waals surface area contributed by atoms with Gasteiger partial charge in [0.15, 0.2) is 0 Å². The second-order valence-electron chi connectivity index (χ2n) is 5.73. The number of hydrogen-bond donors (Lipinski definition) is 2. The molecule has 0 spiro atoms. The van der Waals surface area contributed by atoms with Gasteiger partial charge in [-0.25, -0.2) is 4.98 Å². The minimum Gasteiger partial charge on any atom is -0.489 e. The molecule has 0 aliphatic heterocycles. The van der Waals surface area contributed by atoms with Crippen molar-refractivity contribution in [1.29, 1.82) is 5.26 Å². The highest BCUT2D eigenvalue weighted by atomic mass is 19.1. The molecule has 0 atom stereocenters. The van der Waals surface area contributed by atoms with Gasteiger partial charge in [0.05, 0.1) is 23.1 Å². The molecule has 0 saturated carbocycles. The SMILES string of the molecule is CC(C)(O)COc1cnc(C(C#N)=CN)c(-c2ccc(F)nc2)c1. The molecule has 2 rings (SSSR count). The Balaban J connectivity index is 2.49. The first-order valence-electron chi connectivity index (χ1n) is 7.13. The van der Waals surface area contributed by atoms with Crippen LogP contribution in [0.1, 0.15) is 19.5 Å². The molecule has 0 unspecified atom stereocenters. The lowest BCUT2D eigenvalue weighted by molar-refractivity contribution is 0.0284. The zero-order valence-corrected chi connectivity index (χ0v) is 13.3. The molecule has 0 saturated heterocycles. The minimum absolute atomic E-state index is 0.0625. The molecule has 0 aromatic carbocycles. The first kappa shape index (κ1) is 17.4. The van der Waals surface area contributed by atoms with Crippen molar-refractivity contribution < 1.29 is 14.2 Å². The third kappa shape index (κ3) is 4.27. The van der Waals surface area contributed by atoms with E-state index in [9.17, 15) is 14.8 Å². The van der Waals surface area contributed by atoms with Gasteiger partial charge in [-0.15, -0.1) is 0 Å². The minimum atomic E-state index is -1.01. The van der Waals surface area contributed by atoms with E-state index in [2.05, 4.69) is 9.97 Å². The van der Waals surface area contributed by atoms with Crippen molar-refractivity contribution in [1.82, 2.24) is 9.97 Å². The van der Waals surface area contributed by atoms with Gasteiger partial charge in [-0.2, -0.15) is 9.65 Å². The van der Waals surface area contributed by atoms with Gasteiger partial charge in [0.25, 0.3) is 0 Å². The number of aliphatic hydroxyl groups is 1. The van der Waals surface area contributed by atoms with E-state index >= 15 is 0 Å². The van der Waals surface area contributed by atoms with Crippen LogP contribution in [0.3, 0.4) is 0 Å². The molecular weight excluding hydrogens is 311 g/mol. The van der Waals surface area contributed by atoms with Gasteiger partial charge in [0, 0.05) is 23.5 Å². The topological polar surface area (TPSA) is 105 Å². The predicted molar refractivity (Wildman–Crippen MR) is 87.0 cm³/mol. The summed E-state index contributed by atoms with van der Waals surface area (Å²) in [5.74, 6) is -0.216. The number of hydrogen-bond acceptors (Lipinski definition) is 6. The summed E-state index contributed by atoms with van der Waals surface area (Å²) in [5, 5.41) is 18.9. The molecule has 0 bridgehead atoms. The van der Waals surface area contributed by atoms with Crippen molar-refractivity contribution in [3.05, 3.63) is 48.4 Å². The lowest BCUT2D eigenvalue weighted by Crippen LogP contribution is -2.27.